The van der Waals surface area contributed by atoms with E-state index >= 15 is 0 Å². The van der Waals surface area contributed by atoms with E-state index in [1.807, 2.05) is 0 Å². The molecule has 1 aliphatic rings. The minimum Gasteiger partial charge on any atom is -0.508 e. The van der Waals surface area contributed by atoms with Gasteiger partial charge in [-0.2, -0.15) is 0 Å². The lowest BCUT2D eigenvalue weighted by Gasteiger charge is -2.36. The standard InChI is InChI=1S/C33H47N3O6/c1-5-6-12-21-36(29(26-15-10-11-16-28(26)38)30(39)34-24-13-8-7-9-14-24)31(40)27(35-32(41)42-33(2,3)4)22-23-17-19-25(37)20-18-23/h10-11,15-20,24,27,29,37-38H,5-9,12-14,21-22H2,1-4H3,(H,34,39)(H,35,41). The summed E-state index contributed by atoms with van der Waals surface area (Å²) in [6.07, 6.45) is 6.67. The third kappa shape index (κ3) is 9.96. The number of carbonyl (C=O) groups excluding carboxylic acids is 3. The maximum absolute atomic E-state index is 14.5. The maximum atomic E-state index is 14.5. The van der Waals surface area contributed by atoms with Gasteiger partial charge in [0, 0.05) is 24.6 Å². The maximum Gasteiger partial charge on any atom is 0.408 e. The first-order valence-corrected chi connectivity index (χ1v) is 15.1. The number of nitrogens with one attached hydrogen (secondary N) is 2. The van der Waals surface area contributed by atoms with Crippen molar-refractivity contribution in [2.45, 2.75) is 109 Å². The Kier molecular flexibility index (Phi) is 12.1. The number of ether oxygens (including phenoxy) is 1. The number of amides is 3. The molecule has 230 valence electrons. The van der Waals surface area contributed by atoms with Gasteiger partial charge in [0.1, 0.15) is 29.2 Å². The molecule has 9 nitrogen and oxygen atoms in total. The summed E-state index contributed by atoms with van der Waals surface area (Å²) in [5.74, 6) is -0.808. The summed E-state index contributed by atoms with van der Waals surface area (Å²) in [6.45, 7) is 7.53. The van der Waals surface area contributed by atoms with Crippen LogP contribution >= 0.6 is 0 Å². The molecule has 0 heterocycles. The summed E-state index contributed by atoms with van der Waals surface area (Å²) in [6, 6.07) is 10.8. The number of aromatic hydroxyl groups is 2. The fourth-order valence-electron chi connectivity index (χ4n) is 5.31. The second-order valence-electron chi connectivity index (χ2n) is 12.1. The zero-order valence-corrected chi connectivity index (χ0v) is 25.4. The normalized spacial score (nSPS) is 15.3. The van der Waals surface area contributed by atoms with Gasteiger partial charge in [-0.15, -0.1) is 0 Å². The minimum absolute atomic E-state index is 0.000111. The molecule has 0 bridgehead atoms. The van der Waals surface area contributed by atoms with Gasteiger partial charge in [0.15, 0.2) is 0 Å². The number of unbranched alkanes of at least 4 members (excludes halogenated alkanes) is 2. The predicted molar refractivity (Wildman–Crippen MR) is 162 cm³/mol. The fraction of sp³-hybridized carbons (Fsp3) is 0.545. The Morgan fingerprint density at radius 3 is 2.26 bits per heavy atom. The fourth-order valence-corrected chi connectivity index (χ4v) is 5.31. The van der Waals surface area contributed by atoms with Crippen molar-refractivity contribution in [1.29, 1.82) is 0 Å². The van der Waals surface area contributed by atoms with Crippen LogP contribution in [-0.2, 0) is 20.7 Å². The van der Waals surface area contributed by atoms with Crippen molar-refractivity contribution in [2.75, 3.05) is 6.54 Å². The van der Waals surface area contributed by atoms with Gasteiger partial charge in [-0.1, -0.05) is 69.4 Å². The first-order valence-electron chi connectivity index (χ1n) is 15.1. The molecule has 1 aliphatic carbocycles. The highest BCUT2D eigenvalue weighted by Gasteiger charge is 2.38. The number of hydrogen-bond acceptors (Lipinski definition) is 6. The molecule has 9 heteroatoms. The molecule has 0 spiro atoms. The first-order chi connectivity index (χ1) is 20.0. The predicted octanol–water partition coefficient (Wildman–Crippen LogP) is 5.74. The molecule has 3 amide bonds. The van der Waals surface area contributed by atoms with Crippen LogP contribution in [0.5, 0.6) is 11.5 Å². The van der Waals surface area contributed by atoms with Crippen molar-refractivity contribution in [1.82, 2.24) is 15.5 Å². The molecule has 1 fully saturated rings. The van der Waals surface area contributed by atoms with E-state index in [2.05, 4.69) is 17.6 Å². The topological polar surface area (TPSA) is 128 Å². The van der Waals surface area contributed by atoms with Crippen molar-refractivity contribution < 1.29 is 29.3 Å². The third-order valence-electron chi connectivity index (χ3n) is 7.39. The molecule has 0 aliphatic heterocycles. The molecule has 4 N–H and O–H groups in total. The summed E-state index contributed by atoms with van der Waals surface area (Å²) in [7, 11) is 0. The van der Waals surface area contributed by atoms with Crippen LogP contribution in [-0.4, -0.2) is 57.3 Å². The van der Waals surface area contributed by atoms with Crippen LogP contribution in [0.25, 0.3) is 0 Å². The van der Waals surface area contributed by atoms with E-state index in [1.165, 1.54) is 23.1 Å². The Morgan fingerprint density at radius 1 is 0.976 bits per heavy atom. The average molecular weight is 582 g/mol. The Labute approximate surface area is 249 Å². The zero-order chi connectivity index (χ0) is 30.7. The molecule has 0 saturated heterocycles. The van der Waals surface area contributed by atoms with Crippen LogP contribution in [0.3, 0.4) is 0 Å². The van der Waals surface area contributed by atoms with Gasteiger partial charge in [0.2, 0.25) is 11.8 Å². The van der Waals surface area contributed by atoms with E-state index in [0.717, 1.165) is 44.9 Å². The number of para-hydroxylation sites is 1. The quantitative estimate of drug-likeness (QED) is 0.237. The molecular formula is C33H47N3O6. The first kappa shape index (κ1) is 32.8. The molecule has 2 unspecified atom stereocenters. The van der Waals surface area contributed by atoms with Crippen LogP contribution in [0.4, 0.5) is 4.79 Å². The molecule has 3 rings (SSSR count). The molecule has 2 aromatic rings. The Hall–Kier alpha value is -3.75. The summed E-state index contributed by atoms with van der Waals surface area (Å²) in [5, 5.41) is 26.5. The van der Waals surface area contributed by atoms with Gasteiger partial charge in [-0.3, -0.25) is 9.59 Å². The van der Waals surface area contributed by atoms with Crippen molar-refractivity contribution in [2.24, 2.45) is 0 Å². The summed E-state index contributed by atoms with van der Waals surface area (Å²) < 4.78 is 5.49. The Balaban J connectivity index is 2.02. The Bertz CT molecular complexity index is 1170. The summed E-state index contributed by atoms with van der Waals surface area (Å²) >= 11 is 0. The van der Waals surface area contributed by atoms with Crippen LogP contribution < -0.4 is 10.6 Å². The van der Waals surface area contributed by atoms with Gasteiger partial charge in [0.05, 0.1) is 0 Å². The lowest BCUT2D eigenvalue weighted by Crippen LogP contribution is -2.54. The zero-order valence-electron chi connectivity index (χ0n) is 25.4. The lowest BCUT2D eigenvalue weighted by molar-refractivity contribution is -0.143. The number of benzene rings is 2. The van der Waals surface area contributed by atoms with Crippen molar-refractivity contribution in [3.05, 3.63) is 59.7 Å². The van der Waals surface area contributed by atoms with E-state index in [1.54, 1.807) is 51.1 Å². The van der Waals surface area contributed by atoms with Gasteiger partial charge in [-0.25, -0.2) is 4.79 Å². The molecular weight excluding hydrogens is 534 g/mol. The van der Waals surface area contributed by atoms with Gasteiger partial charge < -0.3 is 30.5 Å². The van der Waals surface area contributed by atoms with E-state index in [9.17, 15) is 24.6 Å². The number of phenols is 2. The van der Waals surface area contributed by atoms with Gasteiger partial charge in [-0.05, 0) is 63.8 Å². The SMILES string of the molecule is CCCCCN(C(=O)C(Cc1ccc(O)cc1)NC(=O)OC(C)(C)C)C(C(=O)NC1CCCCC1)c1ccccc1O. The highest BCUT2D eigenvalue weighted by atomic mass is 16.6. The van der Waals surface area contributed by atoms with Crippen molar-refractivity contribution in [3.8, 4) is 11.5 Å². The monoisotopic (exact) mass is 581 g/mol. The van der Waals surface area contributed by atoms with E-state index in [-0.39, 0.29) is 36.4 Å². The number of alkyl carbamates (subject to hydrolysis) is 1. The van der Waals surface area contributed by atoms with Crippen LogP contribution in [0.2, 0.25) is 0 Å². The van der Waals surface area contributed by atoms with Gasteiger partial charge >= 0.3 is 6.09 Å². The second kappa shape index (κ2) is 15.5. The average Bonchev–Trinajstić information content (AvgIpc) is 2.93. The third-order valence-corrected chi connectivity index (χ3v) is 7.39. The number of carbonyl (C=O) groups is 3. The van der Waals surface area contributed by atoms with Crippen LogP contribution in [0, 0.1) is 0 Å². The molecule has 0 radical (unpaired) electrons. The second-order valence-corrected chi connectivity index (χ2v) is 12.1. The number of phenolic OH excluding ortho intramolecular Hbond substituents is 2. The largest absolute Gasteiger partial charge is 0.508 e. The molecule has 1 saturated carbocycles. The molecule has 42 heavy (non-hydrogen) atoms. The number of hydrogen-bond donors (Lipinski definition) is 4. The number of rotatable bonds is 12. The van der Waals surface area contributed by atoms with Crippen LogP contribution in [0.15, 0.2) is 48.5 Å². The van der Waals surface area contributed by atoms with E-state index in [0.29, 0.717) is 17.5 Å². The lowest BCUT2D eigenvalue weighted by atomic mass is 9.94. The number of nitrogens with zero attached hydrogens (tertiary/aromatic N) is 1. The molecule has 0 aromatic heterocycles. The van der Waals surface area contributed by atoms with E-state index < -0.39 is 29.7 Å². The van der Waals surface area contributed by atoms with Crippen LogP contribution in [0.1, 0.15) is 96.2 Å². The highest BCUT2D eigenvalue weighted by molar-refractivity contribution is 5.92. The smallest absolute Gasteiger partial charge is 0.408 e. The minimum atomic E-state index is -1.10. The van der Waals surface area contributed by atoms with Gasteiger partial charge in [0.25, 0.3) is 0 Å². The van der Waals surface area contributed by atoms with Crippen molar-refractivity contribution >= 4 is 17.9 Å². The Morgan fingerprint density at radius 2 is 1.64 bits per heavy atom. The van der Waals surface area contributed by atoms with Crippen molar-refractivity contribution in [3.63, 3.8) is 0 Å². The summed E-state index contributed by atoms with van der Waals surface area (Å²) in [5.41, 5.74) is 0.257. The molecule has 2 aromatic carbocycles. The highest BCUT2D eigenvalue weighted by Crippen LogP contribution is 2.31. The molecule has 2 atom stereocenters. The summed E-state index contributed by atoms with van der Waals surface area (Å²) in [4.78, 5) is 42.9. The van der Waals surface area contributed by atoms with E-state index in [4.69, 9.17) is 4.74 Å².